The van der Waals surface area contributed by atoms with Crippen LogP contribution < -0.4 is 21.9 Å². The number of nitrogens with zero attached hydrogens (tertiary/aromatic N) is 4. The molecule has 41 heavy (non-hydrogen) atoms. The lowest BCUT2D eigenvalue weighted by Crippen LogP contribution is -2.51. The Labute approximate surface area is 235 Å². The summed E-state index contributed by atoms with van der Waals surface area (Å²) in [5.41, 5.74) is 6.88. The van der Waals surface area contributed by atoms with Gasteiger partial charge in [0.1, 0.15) is 23.1 Å². The molecule has 214 valence electrons. The van der Waals surface area contributed by atoms with Crippen LogP contribution in [0.5, 0.6) is 0 Å². The minimum absolute atomic E-state index is 0.109. The fraction of sp³-hybridized carbons (Fsp3) is 0.290. The normalized spacial score (nSPS) is 14.8. The van der Waals surface area contributed by atoms with Gasteiger partial charge in [0.2, 0.25) is 0 Å². The first kappa shape index (κ1) is 28.4. The highest BCUT2D eigenvalue weighted by Gasteiger charge is 2.27. The van der Waals surface area contributed by atoms with E-state index in [9.17, 15) is 22.8 Å². The van der Waals surface area contributed by atoms with Crippen LogP contribution in [0.4, 0.5) is 18.9 Å². The van der Waals surface area contributed by atoms with E-state index in [4.69, 9.17) is 5.73 Å². The molecule has 10 heteroatoms. The Morgan fingerprint density at radius 2 is 1.37 bits per heavy atom. The third-order valence-corrected chi connectivity index (χ3v) is 7.68. The van der Waals surface area contributed by atoms with Gasteiger partial charge in [-0.2, -0.15) is 0 Å². The van der Waals surface area contributed by atoms with Gasteiger partial charge in [0.15, 0.2) is 0 Å². The Bertz CT molecular complexity index is 1630. The number of piperazine rings is 1. The van der Waals surface area contributed by atoms with Crippen LogP contribution >= 0.6 is 0 Å². The molecule has 3 aromatic carbocycles. The molecule has 1 aliphatic heterocycles. The second kappa shape index (κ2) is 12.2. The van der Waals surface area contributed by atoms with Gasteiger partial charge in [0.05, 0.1) is 13.1 Å². The largest absolute Gasteiger partial charge is 0.363 e. The van der Waals surface area contributed by atoms with Crippen molar-refractivity contribution in [3.05, 3.63) is 133 Å². The van der Waals surface area contributed by atoms with Gasteiger partial charge in [-0.3, -0.25) is 18.8 Å². The van der Waals surface area contributed by atoms with Gasteiger partial charge in [0.25, 0.3) is 5.56 Å². The Morgan fingerprint density at radius 3 is 2.02 bits per heavy atom. The summed E-state index contributed by atoms with van der Waals surface area (Å²) < 4.78 is 45.8. The molecule has 4 aromatic rings. The molecule has 0 spiro atoms. The number of nitrogens with two attached hydrogens (primary N) is 1. The SMILES string of the molecule is Cc1c(N2CCN(Cc3ccccc3F)CC2)c(=O)n(C[C@@H](N)c2ccccc2)c(=O)n1Cc1c(F)cccc1F. The topological polar surface area (TPSA) is 76.5 Å². The number of anilines is 1. The molecule has 0 unspecified atom stereocenters. The molecule has 1 atom stereocenters. The number of hydrogen-bond acceptors (Lipinski definition) is 5. The predicted octanol–water partition coefficient (Wildman–Crippen LogP) is 3.81. The zero-order valence-corrected chi connectivity index (χ0v) is 22.8. The highest BCUT2D eigenvalue weighted by atomic mass is 19.1. The van der Waals surface area contributed by atoms with Crippen molar-refractivity contribution >= 4 is 5.69 Å². The van der Waals surface area contributed by atoms with Gasteiger partial charge in [-0.25, -0.2) is 18.0 Å². The lowest BCUT2D eigenvalue weighted by atomic mass is 10.1. The van der Waals surface area contributed by atoms with E-state index >= 15 is 0 Å². The molecule has 0 bridgehead atoms. The molecule has 7 nitrogen and oxygen atoms in total. The highest BCUT2D eigenvalue weighted by molar-refractivity contribution is 5.50. The number of benzene rings is 3. The van der Waals surface area contributed by atoms with Crippen molar-refractivity contribution in [3.63, 3.8) is 0 Å². The van der Waals surface area contributed by atoms with Gasteiger partial charge in [0, 0.05) is 55.6 Å². The summed E-state index contributed by atoms with van der Waals surface area (Å²) in [6.07, 6.45) is 0. The monoisotopic (exact) mass is 563 g/mol. The summed E-state index contributed by atoms with van der Waals surface area (Å²) in [7, 11) is 0. The smallest absolute Gasteiger partial charge is 0.331 e. The quantitative estimate of drug-likeness (QED) is 0.353. The Hall–Kier alpha value is -4.15. The van der Waals surface area contributed by atoms with E-state index < -0.39 is 28.9 Å². The van der Waals surface area contributed by atoms with Gasteiger partial charge in [-0.05, 0) is 30.7 Å². The van der Waals surface area contributed by atoms with E-state index in [0.717, 1.165) is 22.3 Å². The van der Waals surface area contributed by atoms with Gasteiger partial charge in [-0.1, -0.05) is 54.6 Å². The van der Waals surface area contributed by atoms with Crippen molar-refractivity contribution in [1.29, 1.82) is 0 Å². The Kier molecular flexibility index (Phi) is 8.41. The van der Waals surface area contributed by atoms with E-state index in [-0.39, 0.29) is 30.2 Å². The molecule has 1 aromatic heterocycles. The van der Waals surface area contributed by atoms with Crippen LogP contribution in [0.3, 0.4) is 0 Å². The second-order valence-electron chi connectivity index (χ2n) is 10.3. The summed E-state index contributed by atoms with van der Waals surface area (Å²) in [5.74, 6) is -1.83. The van der Waals surface area contributed by atoms with Crippen LogP contribution in [0.1, 0.15) is 28.4 Å². The van der Waals surface area contributed by atoms with E-state index in [1.807, 2.05) is 35.2 Å². The standard InChI is InChI=1S/C31H32F3N5O2/c1-21-29(37-16-14-36(15-17-37)18-23-10-5-6-11-25(23)32)30(40)39(20-28(35)22-8-3-2-4-9-22)31(41)38(21)19-24-26(33)12-7-13-27(24)34/h2-13,28H,14-20,35H2,1H3/t28-/m1/s1. The number of halogens is 3. The zero-order valence-electron chi connectivity index (χ0n) is 22.8. The lowest BCUT2D eigenvalue weighted by Gasteiger charge is -2.37. The highest BCUT2D eigenvalue weighted by Crippen LogP contribution is 2.21. The van der Waals surface area contributed by atoms with E-state index in [2.05, 4.69) is 4.90 Å². The van der Waals surface area contributed by atoms with Crippen molar-refractivity contribution in [2.45, 2.75) is 32.6 Å². The Balaban J connectivity index is 1.50. The summed E-state index contributed by atoms with van der Waals surface area (Å²) in [6.45, 7) is 3.55. The molecular weight excluding hydrogens is 531 g/mol. The fourth-order valence-corrected chi connectivity index (χ4v) is 5.34. The second-order valence-corrected chi connectivity index (χ2v) is 10.3. The van der Waals surface area contributed by atoms with Crippen LogP contribution in [0.15, 0.2) is 82.4 Å². The van der Waals surface area contributed by atoms with E-state index in [0.29, 0.717) is 44.0 Å². The van der Waals surface area contributed by atoms with Crippen molar-refractivity contribution in [1.82, 2.24) is 14.0 Å². The number of rotatable bonds is 8. The van der Waals surface area contributed by atoms with Crippen LogP contribution in [0.25, 0.3) is 0 Å². The molecule has 0 amide bonds. The van der Waals surface area contributed by atoms with Crippen LogP contribution in [-0.2, 0) is 19.6 Å². The van der Waals surface area contributed by atoms with Crippen molar-refractivity contribution in [2.75, 3.05) is 31.1 Å². The molecule has 5 rings (SSSR count). The van der Waals surface area contributed by atoms with Crippen LogP contribution in [0, 0.1) is 24.4 Å². The molecule has 0 aliphatic carbocycles. The van der Waals surface area contributed by atoms with Crippen molar-refractivity contribution in [3.8, 4) is 0 Å². The molecular formula is C31H32F3N5O2. The first-order valence-corrected chi connectivity index (χ1v) is 13.5. The molecule has 0 saturated carbocycles. The minimum Gasteiger partial charge on any atom is -0.363 e. The third kappa shape index (κ3) is 5.98. The maximum absolute atomic E-state index is 14.6. The van der Waals surface area contributed by atoms with Crippen LogP contribution in [-0.4, -0.2) is 40.2 Å². The maximum atomic E-state index is 14.6. The molecule has 2 heterocycles. The average molecular weight is 564 g/mol. The fourth-order valence-electron chi connectivity index (χ4n) is 5.34. The number of aromatic nitrogens is 2. The van der Waals surface area contributed by atoms with Gasteiger partial charge >= 0.3 is 5.69 Å². The molecule has 1 aliphatic rings. The lowest BCUT2D eigenvalue weighted by molar-refractivity contribution is 0.246. The maximum Gasteiger partial charge on any atom is 0.331 e. The third-order valence-electron chi connectivity index (χ3n) is 7.68. The van der Waals surface area contributed by atoms with Crippen molar-refractivity contribution < 1.29 is 13.2 Å². The first-order valence-electron chi connectivity index (χ1n) is 13.5. The number of hydrogen-bond donors (Lipinski definition) is 1. The van der Waals surface area contributed by atoms with Crippen LogP contribution in [0.2, 0.25) is 0 Å². The van der Waals surface area contributed by atoms with E-state index in [1.54, 1.807) is 25.1 Å². The summed E-state index contributed by atoms with van der Waals surface area (Å²) in [5, 5.41) is 0. The minimum atomic E-state index is -0.779. The average Bonchev–Trinajstić information content (AvgIpc) is 2.97. The summed E-state index contributed by atoms with van der Waals surface area (Å²) >= 11 is 0. The van der Waals surface area contributed by atoms with Gasteiger partial charge < -0.3 is 10.6 Å². The summed E-state index contributed by atoms with van der Waals surface area (Å²) in [6, 6.07) is 18.6. The zero-order chi connectivity index (χ0) is 29.1. The van der Waals surface area contributed by atoms with Crippen molar-refractivity contribution in [2.24, 2.45) is 5.73 Å². The molecule has 1 saturated heterocycles. The Morgan fingerprint density at radius 1 is 0.756 bits per heavy atom. The molecule has 1 fully saturated rings. The predicted molar refractivity (Wildman–Crippen MR) is 152 cm³/mol. The van der Waals surface area contributed by atoms with E-state index in [1.165, 1.54) is 16.7 Å². The molecule has 0 radical (unpaired) electrons. The first-order chi connectivity index (χ1) is 19.7. The van der Waals surface area contributed by atoms with Gasteiger partial charge in [-0.15, -0.1) is 0 Å². The summed E-state index contributed by atoms with van der Waals surface area (Å²) in [4.78, 5) is 31.5. The molecule has 2 N–H and O–H groups in total.